The standard InChI is InChI=1S/C22H21FN2O3/c1-14-4-3-5-15(2)22(14)19-11-24-12-20(25-19)28-13-16-6-7-17(18(23)10-16)8-9-21(26)27/h3-7,10-12H,8-9,13H2,1-2H3,(H,26,27). The van der Waals surface area contributed by atoms with Crippen LogP contribution in [0.4, 0.5) is 4.39 Å². The van der Waals surface area contributed by atoms with E-state index < -0.39 is 11.8 Å². The summed E-state index contributed by atoms with van der Waals surface area (Å²) in [4.78, 5) is 19.4. The number of hydrogen-bond acceptors (Lipinski definition) is 4. The molecule has 1 N–H and O–H groups in total. The van der Waals surface area contributed by atoms with Crippen LogP contribution in [0.25, 0.3) is 11.3 Å². The highest BCUT2D eigenvalue weighted by Gasteiger charge is 2.10. The molecule has 0 radical (unpaired) electrons. The Balaban J connectivity index is 1.72. The number of hydrogen-bond donors (Lipinski definition) is 1. The van der Waals surface area contributed by atoms with Gasteiger partial charge in [0.25, 0.3) is 0 Å². The van der Waals surface area contributed by atoms with Gasteiger partial charge in [-0.05, 0) is 48.6 Å². The molecule has 0 unspecified atom stereocenters. The first-order chi connectivity index (χ1) is 13.4. The van der Waals surface area contributed by atoms with E-state index in [1.807, 2.05) is 32.0 Å². The Labute approximate surface area is 162 Å². The van der Waals surface area contributed by atoms with Gasteiger partial charge in [0, 0.05) is 12.0 Å². The van der Waals surface area contributed by atoms with Crippen LogP contribution in [-0.2, 0) is 17.8 Å². The maximum absolute atomic E-state index is 14.1. The second-order valence-electron chi connectivity index (χ2n) is 6.62. The molecule has 0 saturated carbocycles. The average molecular weight is 380 g/mol. The van der Waals surface area contributed by atoms with Crippen LogP contribution in [0.5, 0.6) is 5.88 Å². The Morgan fingerprint density at radius 3 is 2.57 bits per heavy atom. The van der Waals surface area contributed by atoms with Crippen molar-refractivity contribution in [2.75, 3.05) is 0 Å². The van der Waals surface area contributed by atoms with Crippen molar-refractivity contribution < 1.29 is 19.0 Å². The van der Waals surface area contributed by atoms with Gasteiger partial charge in [0.05, 0.1) is 18.1 Å². The molecule has 144 valence electrons. The van der Waals surface area contributed by atoms with Crippen LogP contribution in [0.3, 0.4) is 0 Å². The van der Waals surface area contributed by atoms with E-state index in [1.165, 1.54) is 12.3 Å². The summed E-state index contributed by atoms with van der Waals surface area (Å²) in [6, 6.07) is 10.7. The van der Waals surface area contributed by atoms with Gasteiger partial charge in [-0.2, -0.15) is 0 Å². The Morgan fingerprint density at radius 1 is 1.14 bits per heavy atom. The normalized spacial score (nSPS) is 10.7. The fourth-order valence-electron chi connectivity index (χ4n) is 3.04. The number of carboxylic acids is 1. The second kappa shape index (κ2) is 8.61. The van der Waals surface area contributed by atoms with Crippen molar-refractivity contribution in [3.63, 3.8) is 0 Å². The molecule has 3 rings (SSSR count). The highest BCUT2D eigenvalue weighted by atomic mass is 19.1. The van der Waals surface area contributed by atoms with Crippen LogP contribution < -0.4 is 4.74 Å². The van der Waals surface area contributed by atoms with Crippen molar-refractivity contribution in [2.24, 2.45) is 0 Å². The number of aryl methyl sites for hydroxylation is 3. The van der Waals surface area contributed by atoms with Gasteiger partial charge in [0.1, 0.15) is 12.4 Å². The monoisotopic (exact) mass is 380 g/mol. The molecule has 0 atom stereocenters. The van der Waals surface area contributed by atoms with Crippen LogP contribution in [0, 0.1) is 19.7 Å². The summed E-state index contributed by atoms with van der Waals surface area (Å²) in [6.45, 7) is 4.18. The van der Waals surface area contributed by atoms with Crippen molar-refractivity contribution in [3.8, 4) is 17.1 Å². The van der Waals surface area contributed by atoms with E-state index in [0.29, 0.717) is 17.0 Å². The first-order valence-corrected chi connectivity index (χ1v) is 8.94. The number of carboxylic acid groups (broad SMARTS) is 1. The molecule has 0 spiro atoms. The minimum atomic E-state index is -0.950. The summed E-state index contributed by atoms with van der Waals surface area (Å²) in [5.41, 5.74) is 4.97. The smallest absolute Gasteiger partial charge is 0.303 e. The number of aliphatic carboxylic acids is 1. The largest absolute Gasteiger partial charge is 0.481 e. The third kappa shape index (κ3) is 4.71. The molecule has 28 heavy (non-hydrogen) atoms. The zero-order chi connectivity index (χ0) is 20.1. The highest BCUT2D eigenvalue weighted by molar-refractivity contribution is 5.67. The molecule has 0 aliphatic rings. The van der Waals surface area contributed by atoms with E-state index >= 15 is 0 Å². The molecule has 0 saturated heterocycles. The molecule has 3 aromatic rings. The third-order valence-corrected chi connectivity index (χ3v) is 4.46. The Bertz CT molecular complexity index is 985. The summed E-state index contributed by atoms with van der Waals surface area (Å²) < 4.78 is 19.8. The lowest BCUT2D eigenvalue weighted by atomic mass is 10.0. The quantitative estimate of drug-likeness (QED) is 0.654. The topological polar surface area (TPSA) is 72.3 Å². The van der Waals surface area contributed by atoms with E-state index in [2.05, 4.69) is 9.97 Å². The van der Waals surface area contributed by atoms with Gasteiger partial charge < -0.3 is 9.84 Å². The Kier molecular flexibility index (Phi) is 5.99. The maximum Gasteiger partial charge on any atom is 0.303 e. The van der Waals surface area contributed by atoms with Crippen molar-refractivity contribution in [2.45, 2.75) is 33.3 Å². The first kappa shape index (κ1) is 19.5. The van der Waals surface area contributed by atoms with Crippen LogP contribution in [0.2, 0.25) is 0 Å². The van der Waals surface area contributed by atoms with Crippen LogP contribution >= 0.6 is 0 Å². The van der Waals surface area contributed by atoms with E-state index in [-0.39, 0.29) is 19.4 Å². The van der Waals surface area contributed by atoms with E-state index in [4.69, 9.17) is 9.84 Å². The molecule has 1 heterocycles. The predicted octanol–water partition coefficient (Wildman–Crippen LogP) is 4.50. The number of ether oxygens (including phenoxy) is 1. The van der Waals surface area contributed by atoms with Crippen molar-refractivity contribution in [1.82, 2.24) is 9.97 Å². The number of halogens is 1. The van der Waals surface area contributed by atoms with Gasteiger partial charge in [0.15, 0.2) is 0 Å². The number of rotatable bonds is 7. The van der Waals surface area contributed by atoms with Gasteiger partial charge in [0.2, 0.25) is 5.88 Å². The van der Waals surface area contributed by atoms with Crippen LogP contribution in [0.15, 0.2) is 48.8 Å². The van der Waals surface area contributed by atoms with Gasteiger partial charge >= 0.3 is 5.97 Å². The van der Waals surface area contributed by atoms with E-state index in [9.17, 15) is 9.18 Å². The minimum Gasteiger partial charge on any atom is -0.481 e. The molecule has 5 nitrogen and oxygen atoms in total. The average Bonchev–Trinajstić information content (AvgIpc) is 2.66. The third-order valence-electron chi connectivity index (χ3n) is 4.46. The second-order valence-corrected chi connectivity index (χ2v) is 6.62. The van der Waals surface area contributed by atoms with Crippen molar-refractivity contribution in [1.29, 1.82) is 0 Å². The SMILES string of the molecule is Cc1cccc(C)c1-c1cncc(OCc2ccc(CCC(=O)O)c(F)c2)n1. The van der Waals surface area contributed by atoms with E-state index in [1.54, 1.807) is 18.3 Å². The van der Waals surface area contributed by atoms with Crippen LogP contribution in [0.1, 0.15) is 28.7 Å². The number of aromatic nitrogens is 2. The van der Waals surface area contributed by atoms with Gasteiger partial charge in [-0.15, -0.1) is 0 Å². The fraction of sp³-hybridized carbons (Fsp3) is 0.227. The predicted molar refractivity (Wildman–Crippen MR) is 104 cm³/mol. The van der Waals surface area contributed by atoms with Crippen molar-refractivity contribution in [3.05, 3.63) is 76.9 Å². The van der Waals surface area contributed by atoms with Crippen molar-refractivity contribution >= 4 is 5.97 Å². The van der Waals surface area contributed by atoms with Gasteiger partial charge in [-0.25, -0.2) is 9.37 Å². The van der Waals surface area contributed by atoms with Gasteiger partial charge in [-0.3, -0.25) is 9.78 Å². The van der Waals surface area contributed by atoms with Crippen LogP contribution in [-0.4, -0.2) is 21.0 Å². The molecular formula is C22H21FN2O3. The number of nitrogens with zero attached hydrogens (tertiary/aromatic N) is 2. The number of carbonyl (C=O) groups is 1. The lowest BCUT2D eigenvalue weighted by molar-refractivity contribution is -0.136. The molecule has 0 bridgehead atoms. The molecule has 6 heteroatoms. The van der Waals surface area contributed by atoms with Gasteiger partial charge in [-0.1, -0.05) is 30.3 Å². The molecule has 0 fully saturated rings. The zero-order valence-corrected chi connectivity index (χ0v) is 15.8. The zero-order valence-electron chi connectivity index (χ0n) is 15.8. The molecule has 0 aliphatic carbocycles. The summed E-state index contributed by atoms with van der Waals surface area (Å²) in [7, 11) is 0. The maximum atomic E-state index is 14.1. The Morgan fingerprint density at radius 2 is 1.89 bits per heavy atom. The molecule has 0 amide bonds. The summed E-state index contributed by atoms with van der Waals surface area (Å²) in [6.07, 6.45) is 3.27. The molecule has 0 aliphatic heterocycles. The van der Waals surface area contributed by atoms with E-state index in [0.717, 1.165) is 22.4 Å². The molecule has 2 aromatic carbocycles. The minimum absolute atomic E-state index is 0.104. The Hall–Kier alpha value is -3.28. The first-order valence-electron chi connectivity index (χ1n) is 8.94. The summed E-state index contributed by atoms with van der Waals surface area (Å²) in [5.74, 6) is -1.03. The summed E-state index contributed by atoms with van der Waals surface area (Å²) >= 11 is 0. The lowest BCUT2D eigenvalue weighted by Crippen LogP contribution is -2.02. The lowest BCUT2D eigenvalue weighted by Gasteiger charge is -2.11. The highest BCUT2D eigenvalue weighted by Crippen LogP contribution is 2.26. The molecular weight excluding hydrogens is 359 g/mol. The fourth-order valence-corrected chi connectivity index (χ4v) is 3.04. The molecule has 1 aromatic heterocycles. The number of benzene rings is 2. The summed E-state index contributed by atoms with van der Waals surface area (Å²) in [5, 5.41) is 8.71.